The van der Waals surface area contributed by atoms with Crippen molar-refractivity contribution in [3.05, 3.63) is 367 Å². The minimum Gasteiger partial charge on any atom is -0.311 e. The predicted molar refractivity (Wildman–Crippen MR) is 395 cm³/mol. The molecule has 94 heavy (non-hydrogen) atoms. The van der Waals surface area contributed by atoms with Crippen molar-refractivity contribution in [2.75, 3.05) is 4.90 Å². The molecule has 0 saturated heterocycles. The van der Waals surface area contributed by atoms with Crippen LogP contribution in [0.5, 0.6) is 0 Å². The van der Waals surface area contributed by atoms with E-state index in [9.17, 15) is 0 Å². The molecule has 7 aliphatic carbocycles. The van der Waals surface area contributed by atoms with Crippen molar-refractivity contribution in [2.45, 2.75) is 102 Å². The summed E-state index contributed by atoms with van der Waals surface area (Å²) in [6.07, 6.45) is 12.3. The lowest BCUT2D eigenvalue weighted by atomic mass is 9.65. The first-order valence-electron chi connectivity index (χ1n) is 34.1. The third kappa shape index (κ3) is 7.76. The van der Waals surface area contributed by atoms with Gasteiger partial charge in [0, 0.05) is 17.1 Å². The number of benzene rings is 11. The zero-order valence-corrected chi connectivity index (χ0v) is 55.4. The summed E-state index contributed by atoms with van der Waals surface area (Å²) >= 11 is 0. The van der Waals surface area contributed by atoms with Crippen LogP contribution in [0.3, 0.4) is 0 Å². The van der Waals surface area contributed by atoms with Crippen LogP contribution >= 0.6 is 0 Å². The Morgan fingerprint density at radius 3 is 0.904 bits per heavy atom. The molecule has 1 heteroatoms. The van der Waals surface area contributed by atoms with E-state index >= 15 is 0 Å². The molecule has 7 aliphatic rings. The molecule has 0 atom stereocenters. The van der Waals surface area contributed by atoms with Crippen LogP contribution in [0.1, 0.15) is 159 Å². The summed E-state index contributed by atoms with van der Waals surface area (Å²) < 4.78 is 0. The van der Waals surface area contributed by atoms with Gasteiger partial charge in [0.2, 0.25) is 0 Å². The van der Waals surface area contributed by atoms with Gasteiger partial charge < -0.3 is 4.90 Å². The van der Waals surface area contributed by atoms with Crippen LogP contribution in [-0.4, -0.2) is 0 Å². The predicted octanol–water partition coefficient (Wildman–Crippen LogP) is 23.9. The normalized spacial score (nSPS) is 16.7. The second-order valence-electron chi connectivity index (χ2n) is 30.6. The van der Waals surface area contributed by atoms with Crippen molar-refractivity contribution in [3.8, 4) is 33.4 Å². The highest BCUT2D eigenvalue weighted by Crippen LogP contribution is 2.67. The van der Waals surface area contributed by atoms with Crippen LogP contribution in [0.25, 0.3) is 62.3 Å². The fourth-order valence-corrected chi connectivity index (χ4v) is 18.2. The molecule has 454 valence electrons. The smallest absolute Gasteiger partial charge is 0.0725 e. The molecule has 18 rings (SSSR count). The summed E-state index contributed by atoms with van der Waals surface area (Å²) in [5.41, 5.74) is 38.1. The Kier molecular flexibility index (Phi) is 12.0. The number of hydrogen-bond donors (Lipinski definition) is 0. The van der Waals surface area contributed by atoms with E-state index in [4.69, 9.17) is 0 Å². The Labute approximate surface area is 555 Å². The van der Waals surface area contributed by atoms with Gasteiger partial charge in [0.15, 0.2) is 0 Å². The molecule has 0 fully saturated rings. The highest BCUT2D eigenvalue weighted by atomic mass is 15.1. The maximum absolute atomic E-state index is 2.61. The van der Waals surface area contributed by atoms with E-state index in [0.29, 0.717) is 0 Å². The maximum Gasteiger partial charge on any atom is 0.0725 e. The molecule has 1 nitrogen and oxygen atoms in total. The third-order valence-corrected chi connectivity index (χ3v) is 22.6. The topological polar surface area (TPSA) is 3.24 Å². The Hall–Kier alpha value is -10.1. The number of hydrogen-bond acceptors (Lipinski definition) is 1. The van der Waals surface area contributed by atoms with Crippen LogP contribution in [0.4, 0.5) is 17.1 Å². The Morgan fingerprint density at radius 1 is 0.277 bits per heavy atom. The van der Waals surface area contributed by atoms with Gasteiger partial charge in [-0.2, -0.15) is 0 Å². The molecule has 0 bridgehead atoms. The molecule has 0 aromatic heterocycles. The standard InChI is InChI=1S/C93H77N/c1-88(2,3)64-43-34-61-52-82(91(85(61)55-64)76-28-16-10-22-70(76)71-23-11-17-29-77(71)91)58-37-46-67(47-38-58)94(68-48-39-59(40-49-68)83-53-62-35-44-65(89(4,5)6)56-86(62)92(83)78-30-18-12-24-72(78)73-25-13-19-31-79(73)92)69-50-41-60(42-51-69)84-54-63-36-45-66(90(7,8)9)57-87(63)93(84)80-32-20-14-26-74(80)75-27-15-21-33-81(75)93/h10-35,37-44,46-57H,36,45H2,1-9H3. The first kappa shape index (κ1) is 56.7. The minimum atomic E-state index is -0.484. The summed E-state index contributed by atoms with van der Waals surface area (Å²) in [6.45, 7) is 21.2. The summed E-state index contributed by atoms with van der Waals surface area (Å²) in [4.78, 5) is 2.49. The van der Waals surface area contributed by atoms with Gasteiger partial charge in [0.25, 0.3) is 0 Å². The molecule has 0 radical (unpaired) electrons. The molecule has 0 unspecified atom stereocenters. The van der Waals surface area contributed by atoms with Gasteiger partial charge in [-0.3, -0.25) is 0 Å². The lowest BCUT2D eigenvalue weighted by molar-refractivity contribution is 0.477. The number of fused-ring (bicyclic) bond motifs is 20. The van der Waals surface area contributed by atoms with E-state index in [-0.39, 0.29) is 16.2 Å². The van der Waals surface area contributed by atoms with Crippen molar-refractivity contribution in [1.29, 1.82) is 0 Å². The van der Waals surface area contributed by atoms with Crippen LogP contribution < -0.4 is 4.90 Å². The van der Waals surface area contributed by atoms with Crippen LogP contribution in [0, 0.1) is 5.41 Å². The number of nitrogens with zero attached hydrogens (tertiary/aromatic N) is 1. The monoisotopic (exact) mass is 1210 g/mol. The quantitative estimate of drug-likeness (QED) is 0.160. The lowest BCUT2D eigenvalue weighted by Crippen LogP contribution is -2.28. The molecule has 0 aliphatic heterocycles. The van der Waals surface area contributed by atoms with E-state index < -0.39 is 16.2 Å². The van der Waals surface area contributed by atoms with Gasteiger partial charge in [-0.05, 0) is 222 Å². The molecule has 0 heterocycles. The first-order chi connectivity index (χ1) is 45.5. The van der Waals surface area contributed by atoms with Gasteiger partial charge in [-0.1, -0.05) is 298 Å². The highest BCUT2D eigenvalue weighted by Gasteiger charge is 2.55. The average Bonchev–Trinajstić information content (AvgIpc) is 1.53. The van der Waals surface area contributed by atoms with Gasteiger partial charge >= 0.3 is 0 Å². The van der Waals surface area contributed by atoms with E-state index in [1.807, 2.05) is 0 Å². The molecule has 3 spiro atoms. The number of rotatable bonds is 6. The fraction of sp³-hybridized carbons (Fsp3) is 0.183. The van der Waals surface area contributed by atoms with E-state index in [2.05, 4.69) is 346 Å². The van der Waals surface area contributed by atoms with Crippen molar-refractivity contribution in [2.24, 2.45) is 5.41 Å². The van der Waals surface area contributed by atoms with Gasteiger partial charge in [0.05, 0.1) is 16.2 Å². The van der Waals surface area contributed by atoms with Gasteiger partial charge in [0.1, 0.15) is 0 Å². The second-order valence-corrected chi connectivity index (χ2v) is 30.6. The van der Waals surface area contributed by atoms with Crippen LogP contribution in [-0.2, 0) is 27.1 Å². The van der Waals surface area contributed by atoms with Gasteiger partial charge in [-0.25, -0.2) is 0 Å². The Balaban J connectivity index is 0.797. The maximum atomic E-state index is 2.61. The van der Waals surface area contributed by atoms with Crippen LogP contribution in [0.15, 0.2) is 284 Å². The Bertz CT molecular complexity index is 4860. The molecule has 0 amide bonds. The van der Waals surface area contributed by atoms with Crippen LogP contribution in [0.2, 0.25) is 0 Å². The third-order valence-electron chi connectivity index (χ3n) is 22.6. The molecule has 0 N–H and O–H groups in total. The number of allylic oxidation sites excluding steroid dienone is 8. The fourth-order valence-electron chi connectivity index (χ4n) is 18.2. The molecular weight excluding hydrogens is 1130 g/mol. The van der Waals surface area contributed by atoms with Crippen molar-refractivity contribution in [1.82, 2.24) is 0 Å². The highest BCUT2D eigenvalue weighted by molar-refractivity contribution is 6.08. The summed E-state index contributed by atoms with van der Waals surface area (Å²) in [5.74, 6) is 0. The number of anilines is 3. The summed E-state index contributed by atoms with van der Waals surface area (Å²) in [6, 6.07) is 98.4. The zero-order chi connectivity index (χ0) is 63.8. The zero-order valence-electron chi connectivity index (χ0n) is 55.4. The summed E-state index contributed by atoms with van der Waals surface area (Å²) in [5, 5.41) is 0. The molecule has 0 saturated carbocycles. The van der Waals surface area contributed by atoms with E-state index in [0.717, 1.165) is 29.9 Å². The molecular formula is C93H77N. The van der Waals surface area contributed by atoms with Crippen molar-refractivity contribution >= 4 is 45.9 Å². The lowest BCUT2D eigenvalue weighted by Gasteiger charge is -2.37. The largest absolute Gasteiger partial charge is 0.311 e. The van der Waals surface area contributed by atoms with E-state index in [1.165, 1.54) is 150 Å². The SMILES string of the molecule is CC(C)(C)C1=CC2=C(C=C(c3ccc(N(c4ccc(C5=Cc6ccc(C(C)(C)C)cc6C56c5ccccc5-c5ccccc56)cc4)c4ccc(C5=Cc6ccc(C(C)(C)C)cc6C56c5ccccc5-c5ccccc56)cc4)cc3)C23c2ccccc2-c2ccccc23)CC1. The van der Waals surface area contributed by atoms with Crippen molar-refractivity contribution < 1.29 is 0 Å². The van der Waals surface area contributed by atoms with Crippen molar-refractivity contribution in [3.63, 3.8) is 0 Å². The van der Waals surface area contributed by atoms with Gasteiger partial charge in [-0.15, -0.1) is 0 Å². The van der Waals surface area contributed by atoms with E-state index in [1.54, 1.807) is 0 Å². The minimum absolute atomic E-state index is 0.0191. The second kappa shape index (κ2) is 20.0. The average molecular weight is 1210 g/mol. The molecule has 11 aromatic carbocycles. The summed E-state index contributed by atoms with van der Waals surface area (Å²) in [7, 11) is 0. The first-order valence-corrected chi connectivity index (χ1v) is 34.1. The molecule has 11 aromatic rings. The Morgan fingerprint density at radius 2 is 0.585 bits per heavy atom.